The summed E-state index contributed by atoms with van der Waals surface area (Å²) < 4.78 is 5.36. The number of hydrogen-bond donors (Lipinski definition) is 1. The molecule has 1 aromatic carbocycles. The molecule has 2 aliphatic rings. The minimum Gasteiger partial charge on any atom is -0.368 e. The third-order valence-corrected chi connectivity index (χ3v) is 5.76. The highest BCUT2D eigenvalue weighted by Crippen LogP contribution is 2.34. The highest BCUT2D eigenvalue weighted by atomic mass is 35.5. The Morgan fingerprint density at radius 2 is 2.12 bits per heavy atom. The van der Waals surface area contributed by atoms with Gasteiger partial charge < -0.3 is 9.64 Å². The van der Waals surface area contributed by atoms with Gasteiger partial charge in [-0.05, 0) is 37.1 Å². The summed E-state index contributed by atoms with van der Waals surface area (Å²) in [5.74, 6) is -0.183. The number of nitrogens with one attached hydrogen (secondary N) is 1. The Hall–Kier alpha value is -2.03. The lowest BCUT2D eigenvalue weighted by atomic mass is 10.1. The van der Waals surface area contributed by atoms with E-state index in [0.29, 0.717) is 29.7 Å². The van der Waals surface area contributed by atoms with E-state index in [1.807, 2.05) is 12.1 Å². The number of benzene rings is 1. The molecule has 26 heavy (non-hydrogen) atoms. The van der Waals surface area contributed by atoms with Crippen LogP contribution >= 0.6 is 22.9 Å². The van der Waals surface area contributed by atoms with Crippen LogP contribution in [-0.4, -0.2) is 41.3 Å². The molecule has 0 unspecified atom stereocenters. The van der Waals surface area contributed by atoms with E-state index < -0.39 is 6.10 Å². The third-order valence-electron chi connectivity index (χ3n) is 4.51. The SMILES string of the molecule is O=C(Nc1nnc([C@@H]2CC(=O)N(c3ccc(Cl)cc3)C2)s1)[C@@H]1CCCO1. The fourth-order valence-corrected chi connectivity index (χ4v) is 4.13. The molecule has 0 radical (unpaired) electrons. The summed E-state index contributed by atoms with van der Waals surface area (Å²) in [5.41, 5.74) is 0.818. The van der Waals surface area contributed by atoms with Crippen molar-refractivity contribution >= 4 is 45.6 Å². The first-order chi connectivity index (χ1) is 12.6. The van der Waals surface area contributed by atoms with E-state index in [9.17, 15) is 9.59 Å². The van der Waals surface area contributed by atoms with Gasteiger partial charge in [0.2, 0.25) is 11.0 Å². The van der Waals surface area contributed by atoms with Gasteiger partial charge in [0.05, 0.1) is 0 Å². The van der Waals surface area contributed by atoms with E-state index in [1.54, 1.807) is 17.0 Å². The van der Waals surface area contributed by atoms with Crippen LogP contribution in [0.3, 0.4) is 0 Å². The summed E-state index contributed by atoms with van der Waals surface area (Å²) in [5, 5.41) is 12.8. The van der Waals surface area contributed by atoms with Crippen LogP contribution in [0.5, 0.6) is 0 Å². The normalized spacial score (nSPS) is 22.8. The van der Waals surface area contributed by atoms with Gasteiger partial charge in [0, 0.05) is 36.2 Å². The van der Waals surface area contributed by atoms with Crippen molar-refractivity contribution in [3.05, 3.63) is 34.3 Å². The van der Waals surface area contributed by atoms with E-state index in [2.05, 4.69) is 15.5 Å². The number of carbonyl (C=O) groups excluding carboxylic acids is 2. The molecule has 2 aromatic rings. The minimum atomic E-state index is -0.407. The van der Waals surface area contributed by atoms with Crippen LogP contribution in [0.1, 0.15) is 30.2 Å². The predicted molar refractivity (Wildman–Crippen MR) is 98.7 cm³/mol. The zero-order valence-corrected chi connectivity index (χ0v) is 15.4. The molecule has 0 bridgehead atoms. The lowest BCUT2D eigenvalue weighted by Gasteiger charge is -2.16. The van der Waals surface area contributed by atoms with Crippen LogP contribution < -0.4 is 10.2 Å². The second-order valence-electron chi connectivity index (χ2n) is 6.32. The standard InChI is InChI=1S/C17H17ClN4O3S/c18-11-3-5-12(6-4-11)22-9-10(8-14(22)23)16-20-21-17(26-16)19-15(24)13-2-1-7-25-13/h3-6,10,13H,1-2,7-9H2,(H,19,21,24)/t10-,13+/m1/s1. The summed E-state index contributed by atoms with van der Waals surface area (Å²) in [6.45, 7) is 1.15. The molecule has 136 valence electrons. The third kappa shape index (κ3) is 3.58. The molecule has 4 rings (SSSR count). The summed E-state index contributed by atoms with van der Waals surface area (Å²) >= 11 is 7.22. The molecule has 2 amide bonds. The lowest BCUT2D eigenvalue weighted by molar-refractivity contribution is -0.124. The first-order valence-electron chi connectivity index (χ1n) is 8.42. The van der Waals surface area contributed by atoms with Gasteiger partial charge in [-0.25, -0.2) is 0 Å². The summed E-state index contributed by atoms with van der Waals surface area (Å²) in [6.07, 6.45) is 1.59. The molecular weight excluding hydrogens is 376 g/mol. The number of rotatable bonds is 4. The van der Waals surface area contributed by atoms with Crippen LogP contribution in [0, 0.1) is 0 Å². The van der Waals surface area contributed by atoms with Gasteiger partial charge >= 0.3 is 0 Å². The Balaban J connectivity index is 1.42. The molecule has 0 spiro atoms. The number of anilines is 2. The van der Waals surface area contributed by atoms with E-state index in [1.165, 1.54) is 11.3 Å². The number of ether oxygens (including phenoxy) is 1. The molecule has 1 N–H and O–H groups in total. The highest BCUT2D eigenvalue weighted by molar-refractivity contribution is 7.15. The summed E-state index contributed by atoms with van der Waals surface area (Å²) in [4.78, 5) is 26.2. The number of aromatic nitrogens is 2. The van der Waals surface area contributed by atoms with Crippen LogP contribution in [0.25, 0.3) is 0 Å². The Morgan fingerprint density at radius 3 is 2.85 bits per heavy atom. The number of carbonyl (C=O) groups is 2. The maximum atomic E-state index is 12.4. The van der Waals surface area contributed by atoms with Crippen molar-refractivity contribution < 1.29 is 14.3 Å². The molecule has 2 atom stereocenters. The topological polar surface area (TPSA) is 84.4 Å². The molecule has 2 fully saturated rings. The maximum Gasteiger partial charge on any atom is 0.255 e. The van der Waals surface area contributed by atoms with Gasteiger partial charge in [-0.15, -0.1) is 10.2 Å². The highest BCUT2D eigenvalue weighted by Gasteiger charge is 2.34. The van der Waals surface area contributed by atoms with Gasteiger partial charge in [0.1, 0.15) is 11.1 Å². The maximum absolute atomic E-state index is 12.4. The Kier molecular flexibility index (Phi) is 4.88. The largest absolute Gasteiger partial charge is 0.368 e. The molecule has 0 aliphatic carbocycles. The van der Waals surface area contributed by atoms with E-state index in [0.717, 1.165) is 23.5 Å². The molecule has 0 saturated carbocycles. The van der Waals surface area contributed by atoms with Crippen molar-refractivity contribution in [2.75, 3.05) is 23.4 Å². The summed E-state index contributed by atoms with van der Waals surface area (Å²) in [7, 11) is 0. The van der Waals surface area contributed by atoms with Crippen molar-refractivity contribution in [3.8, 4) is 0 Å². The first kappa shape index (κ1) is 17.4. The molecule has 7 nitrogen and oxygen atoms in total. The average Bonchev–Trinajstić information content (AvgIpc) is 3.36. The van der Waals surface area contributed by atoms with Gasteiger partial charge in [-0.2, -0.15) is 0 Å². The summed E-state index contributed by atoms with van der Waals surface area (Å²) in [6, 6.07) is 7.19. The van der Waals surface area contributed by atoms with Crippen molar-refractivity contribution in [2.45, 2.75) is 31.3 Å². The van der Waals surface area contributed by atoms with E-state index >= 15 is 0 Å². The van der Waals surface area contributed by atoms with Crippen LogP contribution in [0.2, 0.25) is 5.02 Å². The smallest absolute Gasteiger partial charge is 0.255 e. The van der Waals surface area contributed by atoms with Crippen LogP contribution in [0.4, 0.5) is 10.8 Å². The second kappa shape index (κ2) is 7.30. The Labute approximate surface area is 159 Å². The first-order valence-corrected chi connectivity index (χ1v) is 9.61. The number of halogens is 1. The fourth-order valence-electron chi connectivity index (χ4n) is 3.16. The molecule has 2 aliphatic heterocycles. The fraction of sp³-hybridized carbons (Fsp3) is 0.412. The number of hydrogen-bond acceptors (Lipinski definition) is 6. The van der Waals surface area contributed by atoms with Gasteiger partial charge in [-0.1, -0.05) is 22.9 Å². The van der Waals surface area contributed by atoms with Gasteiger partial charge in [0.15, 0.2) is 0 Å². The second-order valence-corrected chi connectivity index (χ2v) is 7.76. The minimum absolute atomic E-state index is 0.0379. The van der Waals surface area contributed by atoms with Crippen molar-refractivity contribution in [1.29, 1.82) is 0 Å². The quantitative estimate of drug-likeness (QED) is 0.864. The van der Waals surface area contributed by atoms with E-state index in [4.69, 9.17) is 16.3 Å². The molecular formula is C17H17ClN4O3S. The molecule has 2 saturated heterocycles. The van der Waals surface area contributed by atoms with Crippen molar-refractivity contribution in [1.82, 2.24) is 10.2 Å². The van der Waals surface area contributed by atoms with Gasteiger partial charge in [0.25, 0.3) is 5.91 Å². The molecule has 9 heteroatoms. The van der Waals surface area contributed by atoms with Crippen LogP contribution in [0.15, 0.2) is 24.3 Å². The zero-order chi connectivity index (χ0) is 18.1. The Bertz CT molecular complexity index is 820. The average molecular weight is 393 g/mol. The van der Waals surface area contributed by atoms with Crippen molar-refractivity contribution in [2.24, 2.45) is 0 Å². The monoisotopic (exact) mass is 392 g/mol. The van der Waals surface area contributed by atoms with Crippen LogP contribution in [-0.2, 0) is 14.3 Å². The lowest BCUT2D eigenvalue weighted by Crippen LogP contribution is -2.26. The molecule has 3 heterocycles. The molecule has 1 aromatic heterocycles. The van der Waals surface area contributed by atoms with Crippen molar-refractivity contribution in [3.63, 3.8) is 0 Å². The number of amides is 2. The predicted octanol–water partition coefficient (Wildman–Crippen LogP) is 2.83. The number of nitrogens with zero attached hydrogens (tertiary/aromatic N) is 3. The Morgan fingerprint density at radius 1 is 1.31 bits per heavy atom. The van der Waals surface area contributed by atoms with Gasteiger partial charge in [-0.3, -0.25) is 14.9 Å². The van der Waals surface area contributed by atoms with E-state index in [-0.39, 0.29) is 17.7 Å². The zero-order valence-electron chi connectivity index (χ0n) is 13.9.